The minimum absolute atomic E-state index is 0.0738. The predicted molar refractivity (Wildman–Crippen MR) is 106 cm³/mol. The molecule has 0 amide bonds. The molecular weight excluding hydrogens is 312 g/mol. The van der Waals surface area contributed by atoms with Crippen LogP contribution >= 0.6 is 0 Å². The fourth-order valence-electron chi connectivity index (χ4n) is 3.90. The van der Waals surface area contributed by atoms with E-state index in [4.69, 9.17) is 14.2 Å². The van der Waals surface area contributed by atoms with Crippen molar-refractivity contribution < 1.29 is 14.2 Å². The molecular formula is C22H44O3. The highest BCUT2D eigenvalue weighted by Gasteiger charge is 2.43. The first kappa shape index (κ1) is 22.9. The van der Waals surface area contributed by atoms with Gasteiger partial charge in [-0.15, -0.1) is 0 Å². The van der Waals surface area contributed by atoms with Crippen molar-refractivity contribution in [2.24, 2.45) is 10.8 Å². The van der Waals surface area contributed by atoms with Crippen molar-refractivity contribution >= 4 is 0 Å². The van der Waals surface area contributed by atoms with Crippen LogP contribution in [0, 0.1) is 10.8 Å². The highest BCUT2D eigenvalue weighted by Crippen LogP contribution is 2.40. The fraction of sp³-hybridized carbons (Fsp3) is 1.00. The maximum absolute atomic E-state index is 6.52. The first-order valence-corrected chi connectivity index (χ1v) is 10.5. The molecule has 0 aromatic rings. The summed E-state index contributed by atoms with van der Waals surface area (Å²) in [4.78, 5) is 0. The molecule has 0 aliphatic heterocycles. The van der Waals surface area contributed by atoms with E-state index in [0.717, 1.165) is 6.61 Å². The molecule has 1 rings (SSSR count). The third-order valence-corrected chi connectivity index (χ3v) is 6.08. The van der Waals surface area contributed by atoms with Crippen molar-refractivity contribution in [3.05, 3.63) is 0 Å². The zero-order valence-corrected chi connectivity index (χ0v) is 17.7. The Labute approximate surface area is 157 Å². The van der Waals surface area contributed by atoms with Gasteiger partial charge in [-0.3, -0.25) is 0 Å². The van der Waals surface area contributed by atoms with Crippen LogP contribution in [0.2, 0.25) is 0 Å². The molecule has 0 unspecified atom stereocenters. The average molecular weight is 357 g/mol. The summed E-state index contributed by atoms with van der Waals surface area (Å²) in [6.07, 6.45) is 15.2. The highest BCUT2D eigenvalue weighted by molar-refractivity contribution is 4.91. The van der Waals surface area contributed by atoms with E-state index in [1.54, 1.807) is 14.2 Å². The lowest BCUT2D eigenvalue weighted by atomic mass is 9.68. The van der Waals surface area contributed by atoms with E-state index in [1.807, 2.05) is 0 Å². The minimum atomic E-state index is -0.0970. The van der Waals surface area contributed by atoms with Gasteiger partial charge in [0.25, 0.3) is 0 Å². The van der Waals surface area contributed by atoms with Crippen LogP contribution in [0.1, 0.15) is 91.4 Å². The van der Waals surface area contributed by atoms with Crippen molar-refractivity contribution in [3.8, 4) is 0 Å². The maximum Gasteiger partial charge on any atom is 0.0575 e. The Kier molecular flexibility index (Phi) is 11.3. The Morgan fingerprint density at radius 3 is 1.40 bits per heavy atom. The summed E-state index contributed by atoms with van der Waals surface area (Å²) in [6, 6.07) is 0. The molecule has 1 aliphatic carbocycles. The lowest BCUT2D eigenvalue weighted by Crippen LogP contribution is -2.48. The molecule has 0 saturated heterocycles. The van der Waals surface area contributed by atoms with Gasteiger partial charge in [-0.25, -0.2) is 0 Å². The summed E-state index contributed by atoms with van der Waals surface area (Å²) < 4.78 is 17.7. The molecule has 150 valence electrons. The molecule has 3 nitrogen and oxygen atoms in total. The summed E-state index contributed by atoms with van der Waals surface area (Å²) >= 11 is 0. The molecule has 1 fully saturated rings. The molecule has 3 heteroatoms. The summed E-state index contributed by atoms with van der Waals surface area (Å²) in [5.74, 6) is 0. The van der Waals surface area contributed by atoms with Gasteiger partial charge in [0.2, 0.25) is 0 Å². The Morgan fingerprint density at radius 1 is 0.640 bits per heavy atom. The van der Waals surface area contributed by atoms with E-state index >= 15 is 0 Å². The van der Waals surface area contributed by atoms with Crippen molar-refractivity contribution in [3.63, 3.8) is 0 Å². The standard InChI is InChI=1S/C22H44O3/c1-21(2,3)22(17-23-4,18-24-5)19-25-20-15-13-11-9-7-6-8-10-12-14-16-20/h20H,6-19H2,1-5H3. The lowest BCUT2D eigenvalue weighted by molar-refractivity contribution is -0.125. The van der Waals surface area contributed by atoms with Crippen molar-refractivity contribution in [2.45, 2.75) is 97.5 Å². The minimum Gasteiger partial charge on any atom is -0.384 e. The molecule has 1 saturated carbocycles. The van der Waals surface area contributed by atoms with E-state index in [-0.39, 0.29) is 10.8 Å². The van der Waals surface area contributed by atoms with Crippen LogP contribution in [0.3, 0.4) is 0 Å². The first-order valence-electron chi connectivity index (χ1n) is 10.5. The van der Waals surface area contributed by atoms with Gasteiger partial charge >= 0.3 is 0 Å². The SMILES string of the molecule is COCC(COC)(COC1CCCCCCCCCCC1)C(C)(C)C. The molecule has 0 spiro atoms. The number of methoxy groups -OCH3 is 2. The van der Waals surface area contributed by atoms with Crippen LogP contribution in [-0.4, -0.2) is 40.1 Å². The second kappa shape index (κ2) is 12.3. The van der Waals surface area contributed by atoms with E-state index in [9.17, 15) is 0 Å². The zero-order valence-electron chi connectivity index (χ0n) is 17.7. The molecule has 0 bridgehead atoms. The van der Waals surface area contributed by atoms with Crippen molar-refractivity contribution in [2.75, 3.05) is 34.0 Å². The normalized spacial score (nSPS) is 20.0. The van der Waals surface area contributed by atoms with Gasteiger partial charge in [0, 0.05) is 19.6 Å². The van der Waals surface area contributed by atoms with Crippen LogP contribution in [0.25, 0.3) is 0 Å². The number of hydrogen-bond donors (Lipinski definition) is 0. The number of ether oxygens (including phenoxy) is 3. The van der Waals surface area contributed by atoms with Crippen LogP contribution in [0.5, 0.6) is 0 Å². The smallest absolute Gasteiger partial charge is 0.0575 e. The van der Waals surface area contributed by atoms with Gasteiger partial charge in [-0.1, -0.05) is 78.6 Å². The number of hydrogen-bond acceptors (Lipinski definition) is 3. The van der Waals surface area contributed by atoms with Gasteiger partial charge in [0.15, 0.2) is 0 Å². The Hall–Kier alpha value is -0.120. The van der Waals surface area contributed by atoms with Crippen molar-refractivity contribution in [1.29, 1.82) is 0 Å². The molecule has 0 atom stereocenters. The van der Waals surface area contributed by atoms with E-state index in [1.165, 1.54) is 70.6 Å². The summed E-state index contributed by atoms with van der Waals surface area (Å²) in [6.45, 7) is 8.90. The number of rotatable bonds is 7. The third-order valence-electron chi connectivity index (χ3n) is 6.08. The first-order chi connectivity index (χ1) is 11.9. The third kappa shape index (κ3) is 8.41. The van der Waals surface area contributed by atoms with Gasteiger partial charge in [0.05, 0.1) is 25.9 Å². The summed E-state index contributed by atoms with van der Waals surface area (Å²) in [5, 5.41) is 0. The lowest BCUT2D eigenvalue weighted by Gasteiger charge is -2.44. The molecule has 0 heterocycles. The van der Waals surface area contributed by atoms with Crippen LogP contribution in [0.4, 0.5) is 0 Å². The van der Waals surface area contributed by atoms with Gasteiger partial charge in [-0.05, 0) is 18.3 Å². The topological polar surface area (TPSA) is 27.7 Å². The Bertz CT molecular complexity index is 304. The molecule has 0 N–H and O–H groups in total. The Morgan fingerprint density at radius 2 is 1.04 bits per heavy atom. The van der Waals surface area contributed by atoms with E-state index in [0.29, 0.717) is 19.3 Å². The molecule has 0 radical (unpaired) electrons. The Balaban J connectivity index is 2.65. The largest absolute Gasteiger partial charge is 0.384 e. The highest BCUT2D eigenvalue weighted by atomic mass is 16.5. The molecule has 0 aromatic carbocycles. The van der Waals surface area contributed by atoms with Crippen LogP contribution < -0.4 is 0 Å². The molecule has 0 aromatic heterocycles. The monoisotopic (exact) mass is 356 g/mol. The zero-order chi connectivity index (χ0) is 18.6. The average Bonchev–Trinajstić information content (AvgIpc) is 2.53. The summed E-state index contributed by atoms with van der Waals surface area (Å²) in [7, 11) is 3.57. The summed E-state index contributed by atoms with van der Waals surface area (Å²) in [5.41, 5.74) is -0.0232. The van der Waals surface area contributed by atoms with Crippen LogP contribution in [0.15, 0.2) is 0 Å². The maximum atomic E-state index is 6.52. The second-order valence-corrected chi connectivity index (χ2v) is 9.09. The van der Waals surface area contributed by atoms with E-state index in [2.05, 4.69) is 20.8 Å². The van der Waals surface area contributed by atoms with Gasteiger partial charge < -0.3 is 14.2 Å². The predicted octanol–water partition coefficient (Wildman–Crippen LogP) is 6.00. The molecule has 25 heavy (non-hydrogen) atoms. The fourth-order valence-corrected chi connectivity index (χ4v) is 3.90. The van der Waals surface area contributed by atoms with Crippen LogP contribution in [-0.2, 0) is 14.2 Å². The van der Waals surface area contributed by atoms with Crippen molar-refractivity contribution in [1.82, 2.24) is 0 Å². The van der Waals surface area contributed by atoms with Gasteiger partial charge in [-0.2, -0.15) is 0 Å². The quantitative estimate of drug-likeness (QED) is 0.560. The van der Waals surface area contributed by atoms with E-state index < -0.39 is 0 Å². The van der Waals surface area contributed by atoms with Gasteiger partial charge in [0.1, 0.15) is 0 Å². The second-order valence-electron chi connectivity index (χ2n) is 9.09. The molecule has 1 aliphatic rings.